The monoisotopic (exact) mass is 349 g/mol. The first-order chi connectivity index (χ1) is 12.0. The van der Waals surface area contributed by atoms with Crippen LogP contribution >= 0.6 is 0 Å². The van der Waals surface area contributed by atoms with Crippen molar-refractivity contribution in [1.82, 2.24) is 16.0 Å². The lowest BCUT2D eigenvalue weighted by Crippen LogP contribution is -2.69. The Hall–Kier alpha value is -2.15. The van der Waals surface area contributed by atoms with Gasteiger partial charge in [-0.1, -0.05) is 12.1 Å². The molecule has 0 bridgehead atoms. The zero-order valence-electron chi connectivity index (χ0n) is 14.3. The van der Waals surface area contributed by atoms with Gasteiger partial charge in [-0.25, -0.2) is 9.18 Å². The van der Waals surface area contributed by atoms with E-state index in [0.29, 0.717) is 12.8 Å². The van der Waals surface area contributed by atoms with Crippen LogP contribution in [0.4, 0.5) is 9.18 Å². The predicted octanol–water partition coefficient (Wildman–Crippen LogP) is 2.01. The second kappa shape index (κ2) is 7.39. The van der Waals surface area contributed by atoms with Gasteiger partial charge in [-0.3, -0.25) is 4.79 Å². The number of methoxy groups -OCH3 is 1. The summed E-state index contributed by atoms with van der Waals surface area (Å²) in [5, 5.41) is 8.85. The van der Waals surface area contributed by atoms with Gasteiger partial charge in [0.1, 0.15) is 5.82 Å². The Bertz CT molecular complexity index is 631. The van der Waals surface area contributed by atoms with E-state index in [1.165, 1.54) is 12.1 Å². The van der Waals surface area contributed by atoms with Crippen LogP contribution < -0.4 is 16.0 Å². The van der Waals surface area contributed by atoms with Crippen LogP contribution in [0.3, 0.4) is 0 Å². The molecule has 1 heterocycles. The normalized spacial score (nSPS) is 22.6. The van der Waals surface area contributed by atoms with Crippen molar-refractivity contribution < 1.29 is 18.7 Å². The Morgan fingerprint density at radius 2 is 2.12 bits per heavy atom. The van der Waals surface area contributed by atoms with Crippen molar-refractivity contribution in [2.75, 3.05) is 13.7 Å². The molecular weight excluding hydrogens is 325 g/mol. The van der Waals surface area contributed by atoms with Crippen LogP contribution in [0.15, 0.2) is 24.3 Å². The molecule has 0 aromatic heterocycles. The molecule has 3 N–H and O–H groups in total. The molecule has 1 aromatic rings. The number of ether oxygens (including phenoxy) is 1. The lowest BCUT2D eigenvalue weighted by atomic mass is 9.68. The molecule has 2 fully saturated rings. The van der Waals surface area contributed by atoms with Gasteiger partial charge in [0.25, 0.3) is 0 Å². The van der Waals surface area contributed by atoms with Gasteiger partial charge < -0.3 is 20.7 Å². The Morgan fingerprint density at radius 1 is 1.40 bits per heavy atom. The molecule has 2 atom stereocenters. The van der Waals surface area contributed by atoms with Crippen molar-refractivity contribution in [1.29, 1.82) is 0 Å². The summed E-state index contributed by atoms with van der Waals surface area (Å²) in [7, 11) is 1.55. The van der Waals surface area contributed by atoms with Gasteiger partial charge in [0.05, 0.1) is 17.7 Å². The van der Waals surface area contributed by atoms with Crippen molar-refractivity contribution in [3.05, 3.63) is 35.6 Å². The highest BCUT2D eigenvalue weighted by atomic mass is 19.1. The standard InChI is InChI=1S/C18H24FN3O3/c1-25-14(12-3-5-13(19)6-4-12)11-20-17(24)21-15-7-8-16(23)22-18(15)9-2-10-18/h3-6,14-15H,2,7-11H2,1H3,(H,22,23)(H2,20,21,24)/t14-,15-/m0/s1. The molecule has 1 aliphatic heterocycles. The number of benzene rings is 1. The highest BCUT2D eigenvalue weighted by molar-refractivity contribution is 5.79. The molecule has 6 nitrogen and oxygen atoms in total. The maximum Gasteiger partial charge on any atom is 0.315 e. The first-order valence-corrected chi connectivity index (χ1v) is 8.66. The van der Waals surface area contributed by atoms with Crippen molar-refractivity contribution in [2.24, 2.45) is 0 Å². The fourth-order valence-corrected chi connectivity index (χ4v) is 3.63. The minimum Gasteiger partial charge on any atom is -0.375 e. The molecule has 1 spiro atoms. The van der Waals surface area contributed by atoms with E-state index in [9.17, 15) is 14.0 Å². The zero-order valence-corrected chi connectivity index (χ0v) is 14.3. The van der Waals surface area contributed by atoms with Crippen molar-refractivity contribution in [3.63, 3.8) is 0 Å². The van der Waals surface area contributed by atoms with Gasteiger partial charge in [-0.05, 0) is 43.4 Å². The maximum atomic E-state index is 13.0. The molecule has 136 valence electrons. The molecule has 0 radical (unpaired) electrons. The van der Waals surface area contributed by atoms with Crippen LogP contribution in [0.5, 0.6) is 0 Å². The van der Waals surface area contributed by atoms with Gasteiger partial charge >= 0.3 is 6.03 Å². The van der Waals surface area contributed by atoms with E-state index in [-0.39, 0.29) is 42.0 Å². The molecule has 0 unspecified atom stereocenters. The topological polar surface area (TPSA) is 79.5 Å². The van der Waals surface area contributed by atoms with Gasteiger partial charge in [-0.15, -0.1) is 0 Å². The molecule has 7 heteroatoms. The minimum atomic E-state index is -0.352. The molecule has 2 aliphatic rings. The SMILES string of the molecule is CO[C@@H](CNC(=O)N[C@H]1CCC(=O)NC12CCC2)c1ccc(F)cc1. The summed E-state index contributed by atoms with van der Waals surface area (Å²) in [6, 6.07) is 5.69. The smallest absolute Gasteiger partial charge is 0.315 e. The Labute approximate surface area is 146 Å². The number of carbonyl (C=O) groups is 2. The first kappa shape index (κ1) is 17.7. The third kappa shape index (κ3) is 3.92. The summed E-state index contributed by atoms with van der Waals surface area (Å²) in [4.78, 5) is 23.9. The summed E-state index contributed by atoms with van der Waals surface area (Å²) in [5.41, 5.74) is 0.522. The molecule has 3 amide bonds. The third-order valence-electron chi connectivity index (χ3n) is 5.24. The first-order valence-electron chi connectivity index (χ1n) is 8.66. The molecule has 1 saturated heterocycles. The van der Waals surface area contributed by atoms with E-state index < -0.39 is 0 Å². The Kier molecular flexibility index (Phi) is 5.22. The molecule has 1 aromatic carbocycles. The van der Waals surface area contributed by atoms with Crippen LogP contribution in [0, 0.1) is 5.82 Å². The van der Waals surface area contributed by atoms with E-state index in [1.54, 1.807) is 19.2 Å². The number of piperidine rings is 1. The van der Waals surface area contributed by atoms with Crippen LogP contribution in [0.2, 0.25) is 0 Å². The number of halogens is 1. The number of carbonyl (C=O) groups excluding carboxylic acids is 2. The number of rotatable bonds is 5. The number of nitrogens with one attached hydrogen (secondary N) is 3. The summed E-state index contributed by atoms with van der Waals surface area (Å²) in [5.74, 6) is -0.247. The van der Waals surface area contributed by atoms with Gasteiger partial charge in [0, 0.05) is 20.1 Å². The van der Waals surface area contributed by atoms with E-state index in [2.05, 4.69) is 16.0 Å². The van der Waals surface area contributed by atoms with Crippen LogP contribution in [-0.2, 0) is 9.53 Å². The fourth-order valence-electron chi connectivity index (χ4n) is 3.63. The Balaban J connectivity index is 1.53. The molecule has 25 heavy (non-hydrogen) atoms. The largest absolute Gasteiger partial charge is 0.375 e. The number of hydrogen-bond acceptors (Lipinski definition) is 3. The van der Waals surface area contributed by atoms with E-state index in [4.69, 9.17) is 4.74 Å². The zero-order chi connectivity index (χ0) is 17.9. The van der Waals surface area contributed by atoms with Gasteiger partial charge in [0.15, 0.2) is 0 Å². The maximum absolute atomic E-state index is 13.0. The van der Waals surface area contributed by atoms with Crippen LogP contribution in [0.25, 0.3) is 0 Å². The number of hydrogen-bond donors (Lipinski definition) is 3. The Morgan fingerprint density at radius 3 is 2.72 bits per heavy atom. The minimum absolute atomic E-state index is 0.0502. The van der Waals surface area contributed by atoms with Crippen molar-refractivity contribution >= 4 is 11.9 Å². The van der Waals surface area contributed by atoms with Gasteiger partial charge in [-0.2, -0.15) is 0 Å². The lowest BCUT2D eigenvalue weighted by molar-refractivity contribution is -0.127. The van der Waals surface area contributed by atoms with Crippen LogP contribution in [-0.4, -0.2) is 37.2 Å². The summed E-state index contributed by atoms with van der Waals surface area (Å²) >= 11 is 0. The van der Waals surface area contributed by atoms with Crippen molar-refractivity contribution in [3.8, 4) is 0 Å². The summed E-state index contributed by atoms with van der Waals surface area (Å²) in [6.07, 6.45) is 3.61. The highest BCUT2D eigenvalue weighted by Crippen LogP contribution is 2.38. The highest BCUT2D eigenvalue weighted by Gasteiger charge is 2.48. The molecular formula is C18H24FN3O3. The third-order valence-corrected chi connectivity index (χ3v) is 5.24. The second-order valence-electron chi connectivity index (χ2n) is 6.78. The molecule has 1 aliphatic carbocycles. The fraction of sp³-hybridized carbons (Fsp3) is 0.556. The molecule has 1 saturated carbocycles. The summed E-state index contributed by atoms with van der Waals surface area (Å²) < 4.78 is 18.4. The van der Waals surface area contributed by atoms with E-state index >= 15 is 0 Å². The average molecular weight is 349 g/mol. The predicted molar refractivity (Wildman–Crippen MR) is 90.4 cm³/mol. The van der Waals surface area contributed by atoms with Crippen molar-refractivity contribution in [2.45, 2.75) is 49.8 Å². The summed E-state index contributed by atoms with van der Waals surface area (Å²) in [6.45, 7) is 0.278. The van der Waals surface area contributed by atoms with Gasteiger partial charge in [0.2, 0.25) is 5.91 Å². The quantitative estimate of drug-likeness (QED) is 0.761. The van der Waals surface area contributed by atoms with E-state index in [0.717, 1.165) is 24.8 Å². The number of amides is 3. The number of urea groups is 1. The second-order valence-corrected chi connectivity index (χ2v) is 6.78. The average Bonchev–Trinajstić information content (AvgIpc) is 2.57. The van der Waals surface area contributed by atoms with E-state index in [1.807, 2.05) is 0 Å². The van der Waals surface area contributed by atoms with Crippen LogP contribution in [0.1, 0.15) is 43.8 Å². The lowest BCUT2D eigenvalue weighted by Gasteiger charge is -2.50. The molecule has 3 rings (SSSR count).